The Morgan fingerprint density at radius 1 is 1.43 bits per heavy atom. The van der Waals surface area contributed by atoms with Gasteiger partial charge in [-0.1, -0.05) is 30.2 Å². The molecule has 0 radical (unpaired) electrons. The Kier molecular flexibility index (Phi) is 3.56. The lowest BCUT2D eigenvalue weighted by atomic mass is 9.64. The van der Waals surface area contributed by atoms with Crippen LogP contribution >= 0.6 is 0 Å². The van der Waals surface area contributed by atoms with Crippen molar-refractivity contribution in [3.05, 3.63) is 40.7 Å². The highest BCUT2D eigenvalue weighted by molar-refractivity contribution is 6.67. The van der Waals surface area contributed by atoms with Gasteiger partial charge in [-0.25, -0.2) is 4.68 Å². The van der Waals surface area contributed by atoms with Gasteiger partial charge in [-0.2, -0.15) is 0 Å². The lowest BCUT2D eigenvalue weighted by Crippen LogP contribution is -2.25. The molecule has 0 bridgehead atoms. The quantitative estimate of drug-likeness (QED) is 0.624. The summed E-state index contributed by atoms with van der Waals surface area (Å²) in [4.78, 5) is 12.6. The minimum Gasteiger partial charge on any atom is -0.427 e. The van der Waals surface area contributed by atoms with Crippen LogP contribution in [0.2, 0.25) is 6.82 Å². The molecule has 1 aliphatic heterocycles. The van der Waals surface area contributed by atoms with Crippen molar-refractivity contribution in [3.63, 3.8) is 0 Å². The van der Waals surface area contributed by atoms with Crippen molar-refractivity contribution in [1.82, 2.24) is 15.0 Å². The summed E-state index contributed by atoms with van der Waals surface area (Å²) in [5.74, 6) is 0.757. The van der Waals surface area contributed by atoms with E-state index in [0.717, 1.165) is 23.7 Å². The van der Waals surface area contributed by atoms with Crippen LogP contribution in [0, 0.1) is 12.8 Å². The smallest absolute Gasteiger partial charge is 0.324 e. The molecule has 0 saturated heterocycles. The normalized spacial score (nSPS) is 16.7. The maximum absolute atomic E-state index is 12.6. The van der Waals surface area contributed by atoms with E-state index in [1.54, 1.807) is 0 Å². The van der Waals surface area contributed by atoms with Gasteiger partial charge in [-0.15, -0.1) is 5.10 Å². The van der Waals surface area contributed by atoms with Crippen LogP contribution in [0.4, 0.5) is 0 Å². The molecule has 4 rings (SSSR count). The van der Waals surface area contributed by atoms with Crippen LogP contribution < -0.4 is 5.46 Å². The number of nitrogens with zero attached hydrogens (tertiary/aromatic N) is 3. The summed E-state index contributed by atoms with van der Waals surface area (Å²) in [5, 5.41) is 8.27. The van der Waals surface area contributed by atoms with E-state index in [1.807, 2.05) is 24.5 Å². The molecule has 6 heteroatoms. The van der Waals surface area contributed by atoms with Gasteiger partial charge >= 0.3 is 6.92 Å². The molecule has 118 valence electrons. The van der Waals surface area contributed by atoms with Crippen LogP contribution in [0.3, 0.4) is 0 Å². The van der Waals surface area contributed by atoms with Crippen molar-refractivity contribution in [2.75, 3.05) is 0 Å². The summed E-state index contributed by atoms with van der Waals surface area (Å²) in [6.07, 6.45) is 2.89. The molecule has 1 fully saturated rings. The van der Waals surface area contributed by atoms with Crippen molar-refractivity contribution in [1.29, 1.82) is 0 Å². The highest BCUT2D eigenvalue weighted by Gasteiger charge is 2.26. The number of Topliss-reactive ketones (excluding diaryl/α,β-unsaturated/α-hetero) is 1. The van der Waals surface area contributed by atoms with Crippen molar-refractivity contribution in [2.24, 2.45) is 5.92 Å². The van der Waals surface area contributed by atoms with Gasteiger partial charge in [-0.3, -0.25) is 4.79 Å². The molecule has 2 aliphatic rings. The molecule has 1 aliphatic carbocycles. The predicted octanol–water partition coefficient (Wildman–Crippen LogP) is 1.78. The van der Waals surface area contributed by atoms with E-state index in [9.17, 15) is 4.79 Å². The third kappa shape index (κ3) is 2.83. The monoisotopic (exact) mass is 309 g/mol. The predicted molar refractivity (Wildman–Crippen MR) is 88.0 cm³/mol. The highest BCUT2D eigenvalue weighted by atomic mass is 16.4. The zero-order valence-electron chi connectivity index (χ0n) is 13.6. The Balaban J connectivity index is 1.51. The number of carbonyl (C=O) groups excluding carboxylic acids is 1. The first-order valence-corrected chi connectivity index (χ1v) is 8.28. The zero-order chi connectivity index (χ0) is 16.0. The molecule has 0 spiro atoms. The Labute approximate surface area is 136 Å². The third-order valence-electron chi connectivity index (χ3n) is 4.88. The Morgan fingerprint density at radius 3 is 3.04 bits per heavy atom. The van der Waals surface area contributed by atoms with Crippen LogP contribution in [-0.2, 0) is 24.2 Å². The molecule has 0 N–H and O–H groups in total. The average Bonchev–Trinajstić information content (AvgIpc) is 3.18. The number of hydrogen-bond donors (Lipinski definition) is 0. The molecule has 1 saturated carbocycles. The topological polar surface area (TPSA) is 57.0 Å². The number of carbonyl (C=O) groups is 1. The maximum atomic E-state index is 12.6. The summed E-state index contributed by atoms with van der Waals surface area (Å²) in [6.45, 7) is 5.65. The standard InChI is InChI=1S/C17H20BN3O2/c1-11-17(19-20-21(11)9-12-3-4-12)16(22)8-13-5-6-14-10-23-18(2)15(14)7-13/h5-7,12H,3-4,8-10H2,1-2H3. The minimum atomic E-state index is 0.0380. The Bertz CT molecular complexity index is 767. The van der Waals surface area contributed by atoms with Gasteiger partial charge in [0.1, 0.15) is 0 Å². The summed E-state index contributed by atoms with van der Waals surface area (Å²) in [7, 11) is 0. The van der Waals surface area contributed by atoms with Crippen LogP contribution in [0.5, 0.6) is 0 Å². The maximum Gasteiger partial charge on any atom is 0.324 e. The SMILES string of the molecule is CB1OCc2ccc(CC(=O)c3nnn(CC4CC4)c3C)cc21. The summed E-state index contributed by atoms with van der Waals surface area (Å²) >= 11 is 0. The van der Waals surface area contributed by atoms with E-state index in [2.05, 4.69) is 22.4 Å². The van der Waals surface area contributed by atoms with Gasteiger partial charge in [0.05, 0.1) is 12.3 Å². The van der Waals surface area contributed by atoms with E-state index in [4.69, 9.17) is 4.65 Å². The van der Waals surface area contributed by atoms with Gasteiger partial charge in [0.15, 0.2) is 11.5 Å². The number of hydrogen-bond acceptors (Lipinski definition) is 4. The van der Waals surface area contributed by atoms with Crippen molar-refractivity contribution < 1.29 is 9.45 Å². The van der Waals surface area contributed by atoms with Gasteiger partial charge in [0, 0.05) is 13.0 Å². The van der Waals surface area contributed by atoms with Crippen LogP contribution in [0.1, 0.15) is 40.2 Å². The molecular formula is C17H20BN3O2. The summed E-state index contributed by atoms with van der Waals surface area (Å²) in [6, 6.07) is 6.18. The van der Waals surface area contributed by atoms with E-state index < -0.39 is 0 Å². The van der Waals surface area contributed by atoms with Crippen molar-refractivity contribution in [2.45, 2.75) is 46.2 Å². The highest BCUT2D eigenvalue weighted by Crippen LogP contribution is 2.30. The first-order valence-electron chi connectivity index (χ1n) is 8.28. The minimum absolute atomic E-state index is 0.0380. The second kappa shape index (κ2) is 5.60. The largest absolute Gasteiger partial charge is 0.427 e. The first kappa shape index (κ1) is 14.6. The number of benzene rings is 1. The fourth-order valence-electron chi connectivity index (χ4n) is 3.17. The summed E-state index contributed by atoms with van der Waals surface area (Å²) < 4.78 is 7.50. The van der Waals surface area contributed by atoms with Crippen LogP contribution in [0.25, 0.3) is 0 Å². The number of ketones is 1. The van der Waals surface area contributed by atoms with Crippen molar-refractivity contribution >= 4 is 18.2 Å². The van der Waals surface area contributed by atoms with E-state index in [1.165, 1.54) is 23.9 Å². The molecule has 5 nitrogen and oxygen atoms in total. The van der Waals surface area contributed by atoms with Crippen LogP contribution in [-0.4, -0.2) is 27.7 Å². The van der Waals surface area contributed by atoms with Crippen molar-refractivity contribution in [3.8, 4) is 0 Å². The lowest BCUT2D eigenvalue weighted by Gasteiger charge is -2.05. The molecule has 23 heavy (non-hydrogen) atoms. The molecule has 2 heterocycles. The third-order valence-corrected chi connectivity index (χ3v) is 4.88. The van der Waals surface area contributed by atoms with Gasteiger partial charge in [0.2, 0.25) is 0 Å². The molecule has 1 aromatic heterocycles. The van der Waals surface area contributed by atoms with Crippen LogP contribution in [0.15, 0.2) is 18.2 Å². The summed E-state index contributed by atoms with van der Waals surface area (Å²) in [5.41, 5.74) is 4.84. The van der Waals surface area contributed by atoms with Gasteiger partial charge in [-0.05, 0) is 42.3 Å². The molecule has 2 aromatic rings. The first-order chi connectivity index (χ1) is 11.1. The van der Waals surface area contributed by atoms with Gasteiger partial charge in [0.25, 0.3) is 0 Å². The molecular weight excluding hydrogens is 289 g/mol. The fourth-order valence-corrected chi connectivity index (χ4v) is 3.17. The molecule has 1 aromatic carbocycles. The second-order valence-corrected chi connectivity index (χ2v) is 6.74. The van der Waals surface area contributed by atoms with Gasteiger partial charge < -0.3 is 4.65 Å². The lowest BCUT2D eigenvalue weighted by molar-refractivity contribution is 0.0987. The number of rotatable bonds is 5. The van der Waals surface area contributed by atoms with E-state index in [0.29, 0.717) is 18.7 Å². The Morgan fingerprint density at radius 2 is 2.26 bits per heavy atom. The molecule has 0 amide bonds. The average molecular weight is 309 g/mol. The fraction of sp³-hybridized carbons (Fsp3) is 0.471. The second-order valence-electron chi connectivity index (χ2n) is 6.74. The zero-order valence-corrected chi connectivity index (χ0v) is 13.6. The molecule has 0 atom stereocenters. The van der Waals surface area contributed by atoms with E-state index in [-0.39, 0.29) is 12.7 Å². The Hall–Kier alpha value is -1.95. The molecule has 0 unspecified atom stereocenters. The van der Waals surface area contributed by atoms with E-state index >= 15 is 0 Å². The number of aromatic nitrogens is 3. The number of fused-ring (bicyclic) bond motifs is 1.